The molecule has 2 aromatic rings. The first-order chi connectivity index (χ1) is 12.2. The summed E-state index contributed by atoms with van der Waals surface area (Å²) in [6, 6.07) is 8.27. The Hall–Kier alpha value is -2.87. The molecule has 1 saturated carbocycles. The Morgan fingerprint density at radius 1 is 1.20 bits per heavy atom. The van der Waals surface area contributed by atoms with Gasteiger partial charge in [-0.3, -0.25) is 4.79 Å². The van der Waals surface area contributed by atoms with E-state index in [4.69, 9.17) is 4.74 Å². The van der Waals surface area contributed by atoms with E-state index in [0.717, 1.165) is 29.5 Å². The smallest absolute Gasteiger partial charge is 0.316 e. The highest BCUT2D eigenvalue weighted by atomic mass is 16.5. The molecule has 1 aliphatic rings. The van der Waals surface area contributed by atoms with Gasteiger partial charge in [0.05, 0.1) is 18.2 Å². The maximum atomic E-state index is 11.8. The van der Waals surface area contributed by atoms with E-state index in [-0.39, 0.29) is 17.9 Å². The molecule has 128 valence electrons. The van der Waals surface area contributed by atoms with E-state index in [0.29, 0.717) is 12.6 Å². The molecule has 0 spiro atoms. The lowest BCUT2D eigenvalue weighted by Crippen LogP contribution is -2.27. The summed E-state index contributed by atoms with van der Waals surface area (Å²) in [5.41, 5.74) is 2.71. The molecule has 0 bridgehead atoms. The molecule has 1 N–H and O–H groups in total. The van der Waals surface area contributed by atoms with Crippen LogP contribution in [0.1, 0.15) is 49.4 Å². The van der Waals surface area contributed by atoms with E-state index < -0.39 is 0 Å². The van der Waals surface area contributed by atoms with Crippen molar-refractivity contribution in [2.24, 2.45) is 5.92 Å². The predicted molar refractivity (Wildman–Crippen MR) is 94.9 cm³/mol. The highest BCUT2D eigenvalue weighted by molar-refractivity contribution is 5.81. The fourth-order valence-electron chi connectivity index (χ4n) is 2.34. The monoisotopic (exact) mass is 335 g/mol. The molecular weight excluding hydrogens is 314 g/mol. The first-order valence-corrected chi connectivity index (χ1v) is 8.53. The van der Waals surface area contributed by atoms with Crippen LogP contribution < -0.4 is 10.1 Å². The first kappa shape index (κ1) is 17.0. The zero-order valence-electron chi connectivity index (χ0n) is 14.5. The number of nitrogens with one attached hydrogen (secondary N) is 1. The molecule has 5 heteroatoms. The minimum atomic E-state index is 0.00891. The summed E-state index contributed by atoms with van der Waals surface area (Å²) in [6.07, 6.45) is 5.33. The van der Waals surface area contributed by atoms with Crippen LogP contribution in [0.25, 0.3) is 0 Å². The average molecular weight is 335 g/mol. The molecule has 0 aliphatic heterocycles. The Bertz CT molecular complexity index is 784. The number of aromatic nitrogens is 2. The van der Waals surface area contributed by atoms with Crippen LogP contribution in [0.5, 0.6) is 6.01 Å². The average Bonchev–Trinajstić information content (AvgIpc) is 3.47. The van der Waals surface area contributed by atoms with E-state index in [1.807, 2.05) is 38.1 Å². The number of carbonyl (C=O) groups is 1. The summed E-state index contributed by atoms with van der Waals surface area (Å²) in [6.45, 7) is 4.42. The number of hydrogen-bond acceptors (Lipinski definition) is 4. The quantitative estimate of drug-likeness (QED) is 0.854. The van der Waals surface area contributed by atoms with Crippen molar-refractivity contribution in [3.05, 3.63) is 53.3 Å². The van der Waals surface area contributed by atoms with Crippen LogP contribution in [0.2, 0.25) is 0 Å². The summed E-state index contributed by atoms with van der Waals surface area (Å²) in [4.78, 5) is 20.0. The molecule has 3 rings (SSSR count). The van der Waals surface area contributed by atoms with Crippen molar-refractivity contribution in [2.45, 2.75) is 32.7 Å². The van der Waals surface area contributed by atoms with Gasteiger partial charge < -0.3 is 10.1 Å². The second-order valence-electron chi connectivity index (χ2n) is 6.06. The standard InChI is InChI=1S/C20H21N3O2/c1-3-25-20-21-12-16(13-22-20)5-4-15-6-8-17(9-7-15)14(2)23-19(24)18-10-11-18/h6-9,12-14,18H,3,10-11H2,1-2H3,(H,23,24)/t14-/m0/s1. The Kier molecular flexibility index (Phi) is 5.30. The number of ether oxygens (including phenoxy) is 1. The van der Waals surface area contributed by atoms with Crippen LogP contribution in [0.15, 0.2) is 36.7 Å². The lowest BCUT2D eigenvalue weighted by atomic mass is 10.1. The summed E-state index contributed by atoms with van der Waals surface area (Å²) >= 11 is 0. The number of hydrogen-bond donors (Lipinski definition) is 1. The lowest BCUT2D eigenvalue weighted by molar-refractivity contribution is -0.122. The number of benzene rings is 1. The summed E-state index contributed by atoms with van der Waals surface area (Å²) in [5, 5.41) is 3.05. The number of carbonyl (C=O) groups excluding carboxylic acids is 1. The molecule has 0 unspecified atom stereocenters. The van der Waals surface area contributed by atoms with Gasteiger partial charge in [-0.15, -0.1) is 0 Å². The molecule has 1 aromatic carbocycles. The maximum absolute atomic E-state index is 11.8. The Labute approximate surface area is 147 Å². The van der Waals surface area contributed by atoms with Crippen molar-refractivity contribution in [1.29, 1.82) is 0 Å². The largest absolute Gasteiger partial charge is 0.464 e. The number of amides is 1. The van der Waals surface area contributed by atoms with Crippen LogP contribution in [0.3, 0.4) is 0 Å². The molecule has 1 aliphatic carbocycles. The van der Waals surface area contributed by atoms with Gasteiger partial charge in [-0.25, -0.2) is 9.97 Å². The zero-order chi connectivity index (χ0) is 17.6. The summed E-state index contributed by atoms with van der Waals surface area (Å²) in [7, 11) is 0. The zero-order valence-corrected chi connectivity index (χ0v) is 14.5. The van der Waals surface area contributed by atoms with Gasteiger partial charge in [0.2, 0.25) is 5.91 Å². The fourth-order valence-corrected chi connectivity index (χ4v) is 2.34. The highest BCUT2D eigenvalue weighted by Crippen LogP contribution is 2.29. The number of rotatable bonds is 5. The summed E-state index contributed by atoms with van der Waals surface area (Å²) < 4.78 is 5.20. The minimum absolute atomic E-state index is 0.00891. The van der Waals surface area contributed by atoms with Gasteiger partial charge in [0.1, 0.15) is 0 Å². The Morgan fingerprint density at radius 3 is 2.44 bits per heavy atom. The van der Waals surface area contributed by atoms with Crippen LogP contribution in [0.4, 0.5) is 0 Å². The molecule has 0 radical (unpaired) electrons. The van der Waals surface area contributed by atoms with E-state index in [2.05, 4.69) is 27.1 Å². The predicted octanol–water partition coefficient (Wildman–Crippen LogP) is 2.86. The molecule has 1 amide bonds. The Morgan fingerprint density at radius 2 is 1.84 bits per heavy atom. The normalized spacial score (nSPS) is 14.2. The third-order valence-corrected chi connectivity index (χ3v) is 3.97. The van der Waals surface area contributed by atoms with Gasteiger partial charge in [0, 0.05) is 23.9 Å². The number of nitrogens with zero attached hydrogens (tertiary/aromatic N) is 2. The minimum Gasteiger partial charge on any atom is -0.464 e. The van der Waals surface area contributed by atoms with Gasteiger partial charge in [-0.1, -0.05) is 24.0 Å². The van der Waals surface area contributed by atoms with Gasteiger partial charge in [0.25, 0.3) is 0 Å². The molecule has 1 fully saturated rings. The van der Waals surface area contributed by atoms with E-state index in [1.165, 1.54) is 0 Å². The van der Waals surface area contributed by atoms with Crippen molar-refractivity contribution < 1.29 is 9.53 Å². The van der Waals surface area contributed by atoms with E-state index in [9.17, 15) is 4.79 Å². The van der Waals surface area contributed by atoms with Crippen molar-refractivity contribution >= 4 is 5.91 Å². The maximum Gasteiger partial charge on any atom is 0.316 e. The first-order valence-electron chi connectivity index (χ1n) is 8.53. The van der Waals surface area contributed by atoms with Crippen LogP contribution in [-0.4, -0.2) is 22.5 Å². The van der Waals surface area contributed by atoms with Crippen molar-refractivity contribution in [1.82, 2.24) is 15.3 Å². The lowest BCUT2D eigenvalue weighted by Gasteiger charge is -2.14. The molecule has 1 atom stereocenters. The van der Waals surface area contributed by atoms with E-state index in [1.54, 1.807) is 12.4 Å². The van der Waals surface area contributed by atoms with Gasteiger partial charge in [0.15, 0.2) is 0 Å². The molecule has 0 saturated heterocycles. The van der Waals surface area contributed by atoms with Gasteiger partial charge in [-0.2, -0.15) is 0 Å². The SMILES string of the molecule is CCOc1ncc(C#Cc2ccc([C@H](C)NC(=O)C3CC3)cc2)cn1. The summed E-state index contributed by atoms with van der Waals surface area (Å²) in [5.74, 6) is 6.51. The topological polar surface area (TPSA) is 64.1 Å². The third-order valence-electron chi connectivity index (χ3n) is 3.97. The van der Waals surface area contributed by atoms with Crippen molar-refractivity contribution in [2.75, 3.05) is 6.61 Å². The van der Waals surface area contributed by atoms with E-state index >= 15 is 0 Å². The molecule has 5 nitrogen and oxygen atoms in total. The third kappa shape index (κ3) is 4.80. The second-order valence-corrected chi connectivity index (χ2v) is 6.06. The molecular formula is C20H21N3O2. The van der Waals surface area contributed by atoms with Gasteiger partial charge >= 0.3 is 6.01 Å². The highest BCUT2D eigenvalue weighted by Gasteiger charge is 2.30. The van der Waals surface area contributed by atoms with Crippen molar-refractivity contribution in [3.63, 3.8) is 0 Å². The molecule has 25 heavy (non-hydrogen) atoms. The second kappa shape index (κ2) is 7.80. The molecule has 1 aromatic heterocycles. The van der Waals surface area contributed by atoms with Gasteiger partial charge in [-0.05, 0) is 44.4 Å². The van der Waals surface area contributed by atoms with Crippen LogP contribution in [-0.2, 0) is 4.79 Å². The fraction of sp³-hybridized carbons (Fsp3) is 0.350. The van der Waals surface area contributed by atoms with Crippen molar-refractivity contribution in [3.8, 4) is 17.9 Å². The van der Waals surface area contributed by atoms with Crippen LogP contribution >= 0.6 is 0 Å². The Balaban J connectivity index is 1.61. The molecule has 1 heterocycles. The van der Waals surface area contributed by atoms with Crippen LogP contribution in [0, 0.1) is 17.8 Å².